The Labute approximate surface area is 122 Å². The fourth-order valence-electron chi connectivity index (χ4n) is 2.07. The van der Waals surface area contributed by atoms with Crippen LogP contribution in [-0.2, 0) is 6.42 Å². The van der Waals surface area contributed by atoms with E-state index in [4.69, 9.17) is 0 Å². The lowest BCUT2D eigenvalue weighted by Crippen LogP contribution is -2.38. The molecule has 1 rings (SSSR count). The molecule has 0 saturated carbocycles. The first-order valence-electron chi connectivity index (χ1n) is 7.54. The molecule has 4 heteroatoms. The summed E-state index contributed by atoms with van der Waals surface area (Å²) in [5.74, 6) is 0. The molecule has 20 heavy (non-hydrogen) atoms. The van der Waals surface area contributed by atoms with E-state index in [9.17, 15) is 4.79 Å². The van der Waals surface area contributed by atoms with Crippen LogP contribution in [0, 0.1) is 0 Å². The number of nitrogens with one attached hydrogen (secondary N) is 2. The van der Waals surface area contributed by atoms with Gasteiger partial charge in [0.15, 0.2) is 0 Å². The van der Waals surface area contributed by atoms with Crippen LogP contribution in [0.25, 0.3) is 0 Å². The minimum Gasteiger partial charge on any atom is -0.338 e. The molecule has 0 aromatic heterocycles. The number of benzene rings is 1. The summed E-state index contributed by atoms with van der Waals surface area (Å²) in [6.45, 7) is 8.90. The summed E-state index contributed by atoms with van der Waals surface area (Å²) in [7, 11) is 0. The quantitative estimate of drug-likeness (QED) is 0.680. The maximum absolute atomic E-state index is 11.6. The van der Waals surface area contributed by atoms with Crippen molar-refractivity contribution >= 4 is 6.03 Å². The third kappa shape index (κ3) is 7.14. The molecule has 0 aliphatic carbocycles. The molecule has 0 radical (unpaired) electrons. The summed E-state index contributed by atoms with van der Waals surface area (Å²) >= 11 is 0. The molecule has 0 atom stereocenters. The molecule has 0 unspecified atom stereocenters. The van der Waals surface area contributed by atoms with Crippen molar-refractivity contribution in [2.75, 3.05) is 32.7 Å². The van der Waals surface area contributed by atoms with Gasteiger partial charge in [-0.25, -0.2) is 4.79 Å². The zero-order valence-corrected chi connectivity index (χ0v) is 12.7. The van der Waals surface area contributed by atoms with E-state index < -0.39 is 0 Å². The summed E-state index contributed by atoms with van der Waals surface area (Å²) < 4.78 is 0. The average Bonchev–Trinajstić information content (AvgIpc) is 2.48. The van der Waals surface area contributed by atoms with E-state index in [2.05, 4.69) is 41.5 Å². The van der Waals surface area contributed by atoms with Gasteiger partial charge in [-0.2, -0.15) is 0 Å². The second-order valence-corrected chi connectivity index (χ2v) is 4.80. The molecule has 0 bridgehead atoms. The molecule has 2 N–H and O–H groups in total. The van der Waals surface area contributed by atoms with Crippen LogP contribution >= 0.6 is 0 Å². The topological polar surface area (TPSA) is 44.4 Å². The molecule has 1 aromatic carbocycles. The van der Waals surface area contributed by atoms with Crippen molar-refractivity contribution in [3.8, 4) is 0 Å². The Morgan fingerprint density at radius 1 is 1.05 bits per heavy atom. The minimum absolute atomic E-state index is 0.0690. The number of nitrogens with zero attached hydrogens (tertiary/aromatic N) is 1. The van der Waals surface area contributed by atoms with E-state index in [1.54, 1.807) is 0 Å². The number of urea groups is 1. The third-order valence-electron chi connectivity index (χ3n) is 3.37. The highest BCUT2D eigenvalue weighted by Gasteiger charge is 2.01. The van der Waals surface area contributed by atoms with Crippen LogP contribution in [0.2, 0.25) is 0 Å². The van der Waals surface area contributed by atoms with E-state index >= 15 is 0 Å². The van der Waals surface area contributed by atoms with Crippen LogP contribution in [0.1, 0.15) is 25.8 Å². The average molecular weight is 277 g/mol. The lowest BCUT2D eigenvalue weighted by Gasteiger charge is -2.17. The van der Waals surface area contributed by atoms with Gasteiger partial charge < -0.3 is 15.5 Å². The number of amides is 2. The van der Waals surface area contributed by atoms with Gasteiger partial charge in [-0.3, -0.25) is 0 Å². The van der Waals surface area contributed by atoms with Crippen LogP contribution in [0.3, 0.4) is 0 Å². The first-order chi connectivity index (χ1) is 9.76. The molecule has 0 spiro atoms. The maximum atomic E-state index is 11.6. The molecular formula is C16H27N3O. The fraction of sp³-hybridized carbons (Fsp3) is 0.562. The van der Waals surface area contributed by atoms with Crippen molar-refractivity contribution in [3.63, 3.8) is 0 Å². The molecule has 112 valence electrons. The van der Waals surface area contributed by atoms with Crippen LogP contribution in [0.4, 0.5) is 4.79 Å². The predicted octanol–water partition coefficient (Wildman–Crippen LogP) is 2.26. The molecule has 0 aliphatic heterocycles. The summed E-state index contributed by atoms with van der Waals surface area (Å²) in [5, 5.41) is 5.78. The van der Waals surface area contributed by atoms with Gasteiger partial charge in [0.2, 0.25) is 0 Å². The molecule has 0 aliphatic rings. The Morgan fingerprint density at radius 3 is 2.35 bits per heavy atom. The van der Waals surface area contributed by atoms with E-state index in [0.29, 0.717) is 6.54 Å². The van der Waals surface area contributed by atoms with Crippen molar-refractivity contribution in [2.45, 2.75) is 26.7 Å². The van der Waals surface area contributed by atoms with Crippen molar-refractivity contribution < 1.29 is 4.79 Å². The molecule has 2 amide bonds. The monoisotopic (exact) mass is 277 g/mol. The highest BCUT2D eigenvalue weighted by Crippen LogP contribution is 1.97. The Hall–Kier alpha value is -1.55. The zero-order valence-electron chi connectivity index (χ0n) is 12.7. The van der Waals surface area contributed by atoms with E-state index in [1.165, 1.54) is 5.56 Å². The SMILES string of the molecule is CCN(CC)CCCNC(=O)NCCc1ccccc1. The van der Waals surface area contributed by atoms with Gasteiger partial charge in [-0.1, -0.05) is 44.2 Å². The van der Waals surface area contributed by atoms with Crippen LogP contribution in [0.15, 0.2) is 30.3 Å². The summed E-state index contributed by atoms with van der Waals surface area (Å²) in [6, 6.07) is 10.1. The Balaban J connectivity index is 2.03. The highest BCUT2D eigenvalue weighted by molar-refractivity contribution is 5.73. The van der Waals surface area contributed by atoms with E-state index in [-0.39, 0.29) is 6.03 Å². The van der Waals surface area contributed by atoms with Gasteiger partial charge >= 0.3 is 6.03 Å². The Morgan fingerprint density at radius 2 is 1.70 bits per heavy atom. The van der Waals surface area contributed by atoms with E-state index in [1.807, 2.05) is 18.2 Å². The second kappa shape index (κ2) is 10.3. The number of rotatable bonds is 9. The number of carbonyl (C=O) groups is 1. The lowest BCUT2D eigenvalue weighted by molar-refractivity contribution is 0.239. The smallest absolute Gasteiger partial charge is 0.314 e. The largest absolute Gasteiger partial charge is 0.338 e. The second-order valence-electron chi connectivity index (χ2n) is 4.80. The van der Waals surface area contributed by atoms with Crippen LogP contribution in [-0.4, -0.2) is 43.7 Å². The summed E-state index contributed by atoms with van der Waals surface area (Å²) in [6.07, 6.45) is 1.86. The van der Waals surface area contributed by atoms with Crippen LogP contribution in [0.5, 0.6) is 0 Å². The first-order valence-corrected chi connectivity index (χ1v) is 7.54. The van der Waals surface area contributed by atoms with Gasteiger partial charge in [0.25, 0.3) is 0 Å². The third-order valence-corrected chi connectivity index (χ3v) is 3.37. The standard InChI is InChI=1S/C16H27N3O/c1-3-19(4-2)14-8-12-17-16(20)18-13-11-15-9-6-5-7-10-15/h5-7,9-10H,3-4,8,11-14H2,1-2H3,(H2,17,18,20). The van der Waals surface area contributed by atoms with Crippen molar-refractivity contribution in [2.24, 2.45) is 0 Å². The molecule has 0 heterocycles. The van der Waals surface area contributed by atoms with Crippen LogP contribution < -0.4 is 10.6 Å². The van der Waals surface area contributed by atoms with Gasteiger partial charge in [0.1, 0.15) is 0 Å². The zero-order chi connectivity index (χ0) is 14.6. The number of carbonyl (C=O) groups excluding carboxylic acids is 1. The van der Waals surface area contributed by atoms with Gasteiger partial charge in [-0.15, -0.1) is 0 Å². The maximum Gasteiger partial charge on any atom is 0.314 e. The predicted molar refractivity (Wildman–Crippen MR) is 84.0 cm³/mol. The number of hydrogen-bond acceptors (Lipinski definition) is 2. The van der Waals surface area contributed by atoms with Crippen molar-refractivity contribution in [3.05, 3.63) is 35.9 Å². The molecular weight excluding hydrogens is 250 g/mol. The van der Waals surface area contributed by atoms with Gasteiger partial charge in [0, 0.05) is 13.1 Å². The van der Waals surface area contributed by atoms with Gasteiger partial charge in [-0.05, 0) is 38.0 Å². The first kappa shape index (κ1) is 16.5. The van der Waals surface area contributed by atoms with Crippen molar-refractivity contribution in [1.29, 1.82) is 0 Å². The van der Waals surface area contributed by atoms with Gasteiger partial charge in [0.05, 0.1) is 0 Å². The highest BCUT2D eigenvalue weighted by atomic mass is 16.2. The van der Waals surface area contributed by atoms with E-state index in [0.717, 1.165) is 39.0 Å². The Bertz CT molecular complexity index is 363. The van der Waals surface area contributed by atoms with Crippen molar-refractivity contribution in [1.82, 2.24) is 15.5 Å². The lowest BCUT2D eigenvalue weighted by atomic mass is 10.1. The molecule has 4 nitrogen and oxygen atoms in total. The Kier molecular flexibility index (Phi) is 8.47. The minimum atomic E-state index is -0.0690. The normalized spacial score (nSPS) is 10.6. The fourth-order valence-corrected chi connectivity index (χ4v) is 2.07. The molecule has 0 fully saturated rings. The summed E-state index contributed by atoms with van der Waals surface area (Å²) in [4.78, 5) is 13.9. The summed E-state index contributed by atoms with van der Waals surface area (Å²) in [5.41, 5.74) is 1.24. The molecule has 1 aromatic rings. The molecule has 0 saturated heterocycles. The number of hydrogen-bond donors (Lipinski definition) is 2.